The zero-order chi connectivity index (χ0) is 13.1. The highest BCUT2D eigenvalue weighted by Gasteiger charge is 2.25. The van der Waals surface area contributed by atoms with Crippen molar-refractivity contribution in [1.82, 2.24) is 4.90 Å². The highest BCUT2D eigenvalue weighted by Crippen LogP contribution is 2.22. The molecule has 2 atom stereocenters. The van der Waals surface area contributed by atoms with Crippen molar-refractivity contribution in [3.05, 3.63) is 39.9 Å². The van der Waals surface area contributed by atoms with Crippen LogP contribution in [-0.2, 0) is 6.54 Å². The summed E-state index contributed by atoms with van der Waals surface area (Å²) in [5, 5.41) is 20.1. The second kappa shape index (κ2) is 5.46. The number of rotatable bonds is 4. The third kappa shape index (κ3) is 3.05. The predicted molar refractivity (Wildman–Crippen MR) is 68.2 cm³/mol. The van der Waals surface area contributed by atoms with E-state index in [2.05, 4.69) is 4.90 Å². The molecular formula is C13H18N2O3. The Bertz CT molecular complexity index is 417. The minimum atomic E-state index is -0.386. The van der Waals surface area contributed by atoms with E-state index in [0.717, 1.165) is 31.6 Å². The molecule has 1 heterocycles. The van der Waals surface area contributed by atoms with Gasteiger partial charge in [0.1, 0.15) is 0 Å². The normalized spacial score (nSPS) is 22.0. The van der Waals surface area contributed by atoms with Gasteiger partial charge in [0, 0.05) is 25.2 Å². The maximum Gasteiger partial charge on any atom is 0.269 e. The molecule has 5 heteroatoms. The fraction of sp³-hybridized carbons (Fsp3) is 0.538. The van der Waals surface area contributed by atoms with E-state index in [-0.39, 0.29) is 16.7 Å². The number of non-ortho nitro benzene ring substituents is 1. The summed E-state index contributed by atoms with van der Waals surface area (Å²) in [6.45, 7) is 4.50. The Kier molecular flexibility index (Phi) is 3.93. The van der Waals surface area contributed by atoms with E-state index >= 15 is 0 Å². The number of benzene rings is 1. The average Bonchev–Trinajstić information content (AvgIpc) is 2.78. The molecule has 0 spiro atoms. The van der Waals surface area contributed by atoms with Gasteiger partial charge in [0.25, 0.3) is 5.69 Å². The van der Waals surface area contributed by atoms with Crippen LogP contribution in [0.5, 0.6) is 0 Å². The monoisotopic (exact) mass is 250 g/mol. The number of aliphatic hydroxyl groups excluding tert-OH is 1. The van der Waals surface area contributed by atoms with E-state index in [1.165, 1.54) is 12.1 Å². The largest absolute Gasteiger partial charge is 0.393 e. The molecule has 0 aromatic heterocycles. The first kappa shape index (κ1) is 13.0. The van der Waals surface area contributed by atoms with Gasteiger partial charge in [-0.25, -0.2) is 0 Å². The third-order valence-corrected chi connectivity index (χ3v) is 3.54. The van der Waals surface area contributed by atoms with Crippen molar-refractivity contribution in [1.29, 1.82) is 0 Å². The van der Waals surface area contributed by atoms with Crippen molar-refractivity contribution in [2.75, 3.05) is 13.1 Å². The lowest BCUT2D eigenvalue weighted by Gasteiger charge is -2.17. The second-order valence-corrected chi connectivity index (χ2v) is 4.95. The number of nitro benzene ring substituents is 1. The summed E-state index contributed by atoms with van der Waals surface area (Å²) in [6, 6.07) is 6.68. The smallest absolute Gasteiger partial charge is 0.269 e. The van der Waals surface area contributed by atoms with Gasteiger partial charge in [-0.2, -0.15) is 0 Å². The van der Waals surface area contributed by atoms with Crippen LogP contribution in [0.3, 0.4) is 0 Å². The van der Waals surface area contributed by atoms with Crippen molar-refractivity contribution in [2.45, 2.75) is 26.0 Å². The second-order valence-electron chi connectivity index (χ2n) is 4.95. The van der Waals surface area contributed by atoms with Gasteiger partial charge in [0.15, 0.2) is 0 Å². The average molecular weight is 250 g/mol. The van der Waals surface area contributed by atoms with Crippen LogP contribution in [0.4, 0.5) is 5.69 Å². The van der Waals surface area contributed by atoms with E-state index in [1.807, 2.05) is 6.92 Å². The predicted octanol–water partition coefficient (Wildman–Crippen LogP) is 1.80. The van der Waals surface area contributed by atoms with Crippen molar-refractivity contribution < 1.29 is 10.0 Å². The Labute approximate surface area is 106 Å². The lowest BCUT2D eigenvalue weighted by molar-refractivity contribution is -0.384. The van der Waals surface area contributed by atoms with Crippen LogP contribution in [0.2, 0.25) is 0 Å². The lowest BCUT2D eigenvalue weighted by Crippen LogP contribution is -2.23. The summed E-state index contributed by atoms with van der Waals surface area (Å²) in [4.78, 5) is 12.4. The number of hydrogen-bond acceptors (Lipinski definition) is 4. The zero-order valence-corrected chi connectivity index (χ0v) is 10.5. The molecule has 0 saturated carbocycles. The summed E-state index contributed by atoms with van der Waals surface area (Å²) in [6.07, 6.45) is 0.761. The Balaban J connectivity index is 1.92. The summed E-state index contributed by atoms with van der Waals surface area (Å²) >= 11 is 0. The van der Waals surface area contributed by atoms with Gasteiger partial charge in [-0.1, -0.05) is 12.1 Å². The quantitative estimate of drug-likeness (QED) is 0.653. The molecule has 0 bridgehead atoms. The number of hydrogen-bond donors (Lipinski definition) is 1. The molecule has 18 heavy (non-hydrogen) atoms. The number of nitro groups is 1. The van der Waals surface area contributed by atoms with Crippen molar-refractivity contribution in [3.63, 3.8) is 0 Å². The molecule has 0 radical (unpaired) electrons. The minimum absolute atomic E-state index is 0.127. The molecule has 1 saturated heterocycles. The van der Waals surface area contributed by atoms with Crippen LogP contribution in [0, 0.1) is 16.0 Å². The molecule has 1 fully saturated rings. The molecule has 1 aliphatic rings. The Morgan fingerprint density at radius 3 is 2.67 bits per heavy atom. The molecule has 0 aliphatic carbocycles. The molecule has 0 amide bonds. The molecule has 2 unspecified atom stereocenters. The molecule has 98 valence electrons. The molecular weight excluding hydrogens is 232 g/mol. The van der Waals surface area contributed by atoms with E-state index in [1.54, 1.807) is 12.1 Å². The summed E-state index contributed by atoms with van der Waals surface area (Å²) in [5.41, 5.74) is 1.20. The maximum atomic E-state index is 10.5. The molecule has 1 aromatic rings. The maximum absolute atomic E-state index is 10.5. The van der Waals surface area contributed by atoms with Crippen molar-refractivity contribution >= 4 is 5.69 Å². The lowest BCUT2D eigenvalue weighted by atomic mass is 10.0. The Morgan fingerprint density at radius 2 is 2.17 bits per heavy atom. The van der Waals surface area contributed by atoms with E-state index in [0.29, 0.717) is 5.92 Å². The minimum Gasteiger partial charge on any atom is -0.393 e. The number of nitrogens with zero attached hydrogens (tertiary/aromatic N) is 2. The van der Waals surface area contributed by atoms with Crippen LogP contribution in [0.1, 0.15) is 18.9 Å². The van der Waals surface area contributed by atoms with Gasteiger partial charge in [-0.05, 0) is 31.4 Å². The van der Waals surface area contributed by atoms with E-state index < -0.39 is 0 Å². The number of aliphatic hydroxyl groups is 1. The van der Waals surface area contributed by atoms with Gasteiger partial charge in [0.05, 0.1) is 11.0 Å². The summed E-state index contributed by atoms with van der Waals surface area (Å²) < 4.78 is 0. The first-order valence-corrected chi connectivity index (χ1v) is 6.20. The topological polar surface area (TPSA) is 66.6 Å². The standard InChI is InChI=1S/C13H18N2O3/c1-10(16)12-6-7-14(9-12)8-11-2-4-13(5-3-11)15(17)18/h2-5,10,12,16H,6-9H2,1H3. The Morgan fingerprint density at radius 1 is 1.50 bits per heavy atom. The van der Waals surface area contributed by atoms with Gasteiger partial charge in [-0.15, -0.1) is 0 Å². The molecule has 1 aromatic carbocycles. The summed E-state index contributed by atoms with van der Waals surface area (Å²) in [5.74, 6) is 0.350. The van der Waals surface area contributed by atoms with Crippen LogP contribution in [0.25, 0.3) is 0 Å². The molecule has 5 nitrogen and oxygen atoms in total. The van der Waals surface area contributed by atoms with Crippen molar-refractivity contribution in [3.8, 4) is 0 Å². The highest BCUT2D eigenvalue weighted by atomic mass is 16.6. The SMILES string of the molecule is CC(O)C1CCN(Cc2ccc([N+](=O)[O-])cc2)C1. The van der Waals surface area contributed by atoms with Gasteiger partial charge < -0.3 is 5.11 Å². The van der Waals surface area contributed by atoms with Crippen LogP contribution in [0.15, 0.2) is 24.3 Å². The Hall–Kier alpha value is -1.46. The van der Waals surface area contributed by atoms with Gasteiger partial charge in [0.2, 0.25) is 0 Å². The van der Waals surface area contributed by atoms with E-state index in [4.69, 9.17) is 0 Å². The summed E-state index contributed by atoms with van der Waals surface area (Å²) in [7, 11) is 0. The fourth-order valence-corrected chi connectivity index (χ4v) is 2.38. The fourth-order valence-electron chi connectivity index (χ4n) is 2.38. The number of likely N-dealkylation sites (tertiary alicyclic amines) is 1. The first-order valence-electron chi connectivity index (χ1n) is 6.20. The first-order chi connectivity index (χ1) is 8.56. The molecule has 1 N–H and O–H groups in total. The van der Waals surface area contributed by atoms with Crippen LogP contribution < -0.4 is 0 Å². The van der Waals surface area contributed by atoms with Gasteiger partial charge >= 0.3 is 0 Å². The molecule has 1 aliphatic heterocycles. The van der Waals surface area contributed by atoms with Crippen molar-refractivity contribution in [2.24, 2.45) is 5.92 Å². The molecule has 2 rings (SSSR count). The zero-order valence-electron chi connectivity index (χ0n) is 10.5. The highest BCUT2D eigenvalue weighted by molar-refractivity contribution is 5.32. The third-order valence-electron chi connectivity index (χ3n) is 3.54. The van der Waals surface area contributed by atoms with E-state index in [9.17, 15) is 15.2 Å². The van der Waals surface area contributed by atoms with Crippen LogP contribution in [-0.4, -0.2) is 34.1 Å². The van der Waals surface area contributed by atoms with Gasteiger partial charge in [-0.3, -0.25) is 15.0 Å². The van der Waals surface area contributed by atoms with Crippen LogP contribution >= 0.6 is 0 Å².